The second-order valence-electron chi connectivity index (χ2n) is 8.18. The molecule has 0 bridgehead atoms. The van der Waals surface area contributed by atoms with Gasteiger partial charge in [-0.25, -0.2) is 9.97 Å². The average Bonchev–Trinajstić information content (AvgIpc) is 3.24. The summed E-state index contributed by atoms with van der Waals surface area (Å²) in [7, 11) is 3.57. The van der Waals surface area contributed by atoms with Gasteiger partial charge in [-0.1, -0.05) is 23.2 Å². The number of nitriles is 1. The maximum Gasteiger partial charge on any atom is 0.252 e. The summed E-state index contributed by atoms with van der Waals surface area (Å²) in [4.78, 5) is 27.9. The highest BCUT2D eigenvalue weighted by atomic mass is 35.5. The molecule has 1 amide bonds. The van der Waals surface area contributed by atoms with Crippen LogP contribution in [0.2, 0.25) is 10.0 Å². The molecule has 0 saturated carbocycles. The van der Waals surface area contributed by atoms with Crippen molar-refractivity contribution in [3.8, 4) is 24.4 Å². The van der Waals surface area contributed by atoms with Crippen molar-refractivity contribution in [2.45, 2.75) is 31.7 Å². The Morgan fingerprint density at radius 2 is 1.91 bits per heavy atom. The van der Waals surface area contributed by atoms with Crippen molar-refractivity contribution >= 4 is 35.1 Å². The molecule has 1 atom stereocenters. The summed E-state index contributed by atoms with van der Waals surface area (Å²) in [5.74, 6) is 3.07. The van der Waals surface area contributed by atoms with Crippen molar-refractivity contribution in [2.24, 2.45) is 0 Å². The van der Waals surface area contributed by atoms with Crippen molar-refractivity contribution in [3.63, 3.8) is 0 Å². The minimum absolute atomic E-state index is 0.127. The van der Waals surface area contributed by atoms with E-state index in [9.17, 15) is 10.1 Å². The highest BCUT2D eigenvalue weighted by molar-refractivity contribution is 6.31. The second-order valence-corrected chi connectivity index (χ2v) is 9.05. The summed E-state index contributed by atoms with van der Waals surface area (Å²) in [6.07, 6.45) is 8.60. The molecule has 0 aliphatic heterocycles. The van der Waals surface area contributed by atoms with Gasteiger partial charge in [0.2, 0.25) is 5.95 Å². The molecule has 0 aliphatic carbocycles. The van der Waals surface area contributed by atoms with E-state index in [1.54, 1.807) is 45.0 Å². The van der Waals surface area contributed by atoms with Gasteiger partial charge in [-0.2, -0.15) is 14.9 Å². The second kappa shape index (κ2) is 10.1. The number of amides is 1. The molecule has 0 spiro atoms. The summed E-state index contributed by atoms with van der Waals surface area (Å²) < 4.78 is 1.41. The molecule has 3 aromatic rings. The summed E-state index contributed by atoms with van der Waals surface area (Å²) in [6.45, 7) is 3.50. The molecule has 34 heavy (non-hydrogen) atoms. The minimum Gasteiger partial charge on any atom is -0.346 e. The van der Waals surface area contributed by atoms with Gasteiger partial charge in [-0.15, -0.1) is 17.4 Å². The van der Waals surface area contributed by atoms with Crippen LogP contribution in [0.5, 0.6) is 0 Å². The SMILES string of the molecule is C#CCC(NC(=O)c1cc(Cl)cc(C(C)(C)C#N)c1)c1nc(N(C)C)nn1-c1ncc(Cl)cn1. The molecular weight excluding hydrogens is 475 g/mol. The molecule has 2 heterocycles. The zero-order valence-corrected chi connectivity index (χ0v) is 20.6. The van der Waals surface area contributed by atoms with E-state index >= 15 is 0 Å². The Morgan fingerprint density at radius 3 is 2.50 bits per heavy atom. The highest BCUT2D eigenvalue weighted by Crippen LogP contribution is 2.27. The van der Waals surface area contributed by atoms with Crippen LogP contribution in [0.15, 0.2) is 30.6 Å². The smallest absolute Gasteiger partial charge is 0.252 e. The number of benzene rings is 1. The number of nitrogens with one attached hydrogen (secondary N) is 1. The van der Waals surface area contributed by atoms with Gasteiger partial charge in [0.1, 0.15) is 6.04 Å². The van der Waals surface area contributed by atoms with Crippen LogP contribution in [-0.4, -0.2) is 44.7 Å². The van der Waals surface area contributed by atoms with E-state index in [0.717, 1.165) is 0 Å². The van der Waals surface area contributed by atoms with Gasteiger partial charge in [-0.3, -0.25) is 4.79 Å². The lowest BCUT2D eigenvalue weighted by Crippen LogP contribution is -2.31. The molecule has 0 fully saturated rings. The molecule has 174 valence electrons. The number of anilines is 1. The molecular formula is C23H22Cl2N8O. The quantitative estimate of drug-likeness (QED) is 0.495. The van der Waals surface area contributed by atoms with Crippen LogP contribution in [0, 0.1) is 23.7 Å². The Morgan fingerprint density at radius 1 is 1.24 bits per heavy atom. The number of carbonyl (C=O) groups excluding carboxylic acids is 1. The fourth-order valence-corrected chi connectivity index (χ4v) is 3.33. The van der Waals surface area contributed by atoms with Crippen LogP contribution in [0.4, 0.5) is 5.95 Å². The molecule has 1 unspecified atom stereocenters. The van der Waals surface area contributed by atoms with E-state index < -0.39 is 17.4 Å². The molecule has 3 rings (SSSR count). The zero-order valence-electron chi connectivity index (χ0n) is 19.0. The first-order valence-electron chi connectivity index (χ1n) is 10.1. The van der Waals surface area contributed by atoms with Gasteiger partial charge in [0.15, 0.2) is 5.82 Å². The Labute approximate surface area is 207 Å². The van der Waals surface area contributed by atoms with Crippen molar-refractivity contribution in [2.75, 3.05) is 19.0 Å². The van der Waals surface area contributed by atoms with Crippen molar-refractivity contribution in [1.82, 2.24) is 30.0 Å². The van der Waals surface area contributed by atoms with Crippen molar-refractivity contribution < 1.29 is 4.79 Å². The van der Waals surface area contributed by atoms with Crippen LogP contribution in [-0.2, 0) is 5.41 Å². The fraction of sp³-hybridized carbons (Fsp3) is 0.304. The van der Waals surface area contributed by atoms with E-state index in [-0.39, 0.29) is 17.9 Å². The summed E-state index contributed by atoms with van der Waals surface area (Å²) in [5.41, 5.74) is 0.0773. The van der Waals surface area contributed by atoms with Gasteiger partial charge < -0.3 is 10.2 Å². The number of halogens is 2. The summed E-state index contributed by atoms with van der Waals surface area (Å²) in [6, 6.07) is 6.32. The number of hydrogen-bond acceptors (Lipinski definition) is 7. The molecule has 9 nitrogen and oxygen atoms in total. The molecule has 11 heteroatoms. The third-order valence-corrected chi connectivity index (χ3v) is 5.33. The lowest BCUT2D eigenvalue weighted by atomic mass is 9.85. The van der Waals surface area contributed by atoms with Crippen LogP contribution >= 0.6 is 23.2 Å². The first-order chi connectivity index (χ1) is 16.1. The Bertz CT molecular complexity index is 1290. The van der Waals surface area contributed by atoms with Crippen LogP contribution in [0.1, 0.15) is 48.1 Å². The molecule has 1 N–H and O–H groups in total. The maximum atomic E-state index is 13.2. The molecule has 1 aromatic carbocycles. The van der Waals surface area contributed by atoms with Gasteiger partial charge >= 0.3 is 0 Å². The van der Waals surface area contributed by atoms with Gasteiger partial charge in [0.05, 0.1) is 28.9 Å². The topological polar surface area (TPSA) is 113 Å². The number of hydrogen-bond donors (Lipinski definition) is 1. The van der Waals surface area contributed by atoms with E-state index in [0.29, 0.717) is 27.4 Å². The normalized spacial score (nSPS) is 11.9. The van der Waals surface area contributed by atoms with Crippen LogP contribution in [0.25, 0.3) is 5.95 Å². The largest absolute Gasteiger partial charge is 0.346 e. The lowest BCUT2D eigenvalue weighted by Gasteiger charge is -2.19. The molecule has 0 aliphatic rings. The Kier molecular flexibility index (Phi) is 7.41. The molecule has 0 radical (unpaired) electrons. The van der Waals surface area contributed by atoms with E-state index in [1.165, 1.54) is 23.1 Å². The Balaban J connectivity index is 2.02. The van der Waals surface area contributed by atoms with Crippen molar-refractivity contribution in [1.29, 1.82) is 5.26 Å². The first kappa shape index (κ1) is 25.0. The monoisotopic (exact) mass is 496 g/mol. The summed E-state index contributed by atoms with van der Waals surface area (Å²) >= 11 is 12.2. The Hall–Kier alpha value is -3.66. The number of terminal acetylenes is 1. The number of nitrogens with zero attached hydrogens (tertiary/aromatic N) is 7. The van der Waals surface area contributed by atoms with Crippen LogP contribution < -0.4 is 10.2 Å². The predicted octanol–water partition coefficient (Wildman–Crippen LogP) is 3.73. The third kappa shape index (κ3) is 5.45. The third-order valence-electron chi connectivity index (χ3n) is 4.92. The highest BCUT2D eigenvalue weighted by Gasteiger charge is 2.26. The predicted molar refractivity (Wildman–Crippen MR) is 130 cm³/mol. The minimum atomic E-state index is -0.829. The van der Waals surface area contributed by atoms with E-state index in [4.69, 9.17) is 29.6 Å². The maximum absolute atomic E-state index is 13.2. The van der Waals surface area contributed by atoms with Crippen LogP contribution in [0.3, 0.4) is 0 Å². The standard InChI is InChI=1S/C23H22Cl2N8O/c1-6-7-18(29-20(34)14-8-15(10-16(24)9-14)23(2,3)13-26)19-30-22(32(4)5)31-33(19)21-27-11-17(25)12-28-21/h1,8-12,18H,7H2,2-5H3,(H,29,34). The number of carbonyl (C=O) groups is 1. The van der Waals surface area contributed by atoms with Crippen molar-refractivity contribution in [3.05, 3.63) is 57.6 Å². The van der Waals surface area contributed by atoms with E-state index in [1.807, 2.05) is 0 Å². The summed E-state index contributed by atoms with van der Waals surface area (Å²) in [5, 5.41) is 17.5. The average molecular weight is 497 g/mol. The fourth-order valence-electron chi connectivity index (χ4n) is 3.00. The number of aromatic nitrogens is 5. The van der Waals surface area contributed by atoms with Gasteiger partial charge in [0.25, 0.3) is 11.9 Å². The lowest BCUT2D eigenvalue weighted by molar-refractivity contribution is 0.0935. The zero-order chi connectivity index (χ0) is 25.0. The van der Waals surface area contributed by atoms with Gasteiger partial charge in [0, 0.05) is 31.1 Å². The number of rotatable bonds is 7. The molecule has 2 aromatic heterocycles. The van der Waals surface area contributed by atoms with E-state index in [2.05, 4.69) is 37.4 Å². The first-order valence-corrected chi connectivity index (χ1v) is 10.9. The van der Waals surface area contributed by atoms with Gasteiger partial charge in [-0.05, 0) is 37.6 Å². The molecule has 0 saturated heterocycles.